The molecule has 12 rings (SSSR count). The normalized spacial score (nSPS) is 11.7. The van der Waals surface area contributed by atoms with Crippen molar-refractivity contribution in [2.75, 3.05) is 4.90 Å². The lowest BCUT2D eigenvalue weighted by Gasteiger charge is -2.27. The van der Waals surface area contributed by atoms with E-state index in [4.69, 9.17) is 0 Å². The highest BCUT2D eigenvalue weighted by Gasteiger charge is 2.19. The van der Waals surface area contributed by atoms with E-state index in [-0.39, 0.29) is 0 Å². The first kappa shape index (κ1) is 33.7. The van der Waals surface area contributed by atoms with Gasteiger partial charge in [0.1, 0.15) is 0 Å². The number of hydrogen-bond acceptors (Lipinski definition) is 2. The van der Waals surface area contributed by atoms with Crippen LogP contribution in [-0.2, 0) is 0 Å². The highest BCUT2D eigenvalue weighted by atomic mass is 32.1. The van der Waals surface area contributed by atoms with Crippen LogP contribution in [0.25, 0.3) is 91.5 Å². The zero-order valence-corrected chi connectivity index (χ0v) is 32.9. The molecule has 0 saturated heterocycles. The van der Waals surface area contributed by atoms with Crippen LogP contribution >= 0.6 is 11.3 Å². The number of fused-ring (bicyclic) bond motifs is 9. The number of rotatable bonds is 6. The van der Waals surface area contributed by atoms with Gasteiger partial charge in [0.05, 0.1) is 16.7 Å². The molecule has 2 heterocycles. The SMILES string of the molecule is c1ccc(-n2c3ccc(-c4ccc(N(c5ccc(-c6cccc7c6sc6ccccc67)cc5)c5cccc6ccccc56)cc4)cc3c3ccc4ccccc4c32)cc1. The third kappa shape index (κ3) is 5.47. The Labute approximate surface area is 346 Å². The summed E-state index contributed by atoms with van der Waals surface area (Å²) in [6.45, 7) is 0. The van der Waals surface area contributed by atoms with Crippen molar-refractivity contribution in [3.8, 4) is 27.9 Å². The molecule has 0 N–H and O–H groups in total. The van der Waals surface area contributed by atoms with E-state index in [0.717, 1.165) is 17.1 Å². The Bertz CT molecular complexity index is 3540. The second kappa shape index (κ2) is 13.6. The second-order valence-electron chi connectivity index (χ2n) is 15.3. The Morgan fingerprint density at radius 1 is 0.373 bits per heavy atom. The maximum Gasteiger partial charge on any atom is 0.0619 e. The zero-order valence-electron chi connectivity index (χ0n) is 32.1. The van der Waals surface area contributed by atoms with Crippen LogP contribution in [0.2, 0.25) is 0 Å². The van der Waals surface area contributed by atoms with Crippen molar-refractivity contribution < 1.29 is 0 Å². The quantitative estimate of drug-likeness (QED) is 0.164. The van der Waals surface area contributed by atoms with Gasteiger partial charge in [0.15, 0.2) is 0 Å². The van der Waals surface area contributed by atoms with Crippen LogP contribution in [0.3, 0.4) is 0 Å². The topological polar surface area (TPSA) is 8.17 Å². The molecule has 0 amide bonds. The van der Waals surface area contributed by atoms with Crippen LogP contribution < -0.4 is 4.90 Å². The van der Waals surface area contributed by atoms with Gasteiger partial charge in [-0.2, -0.15) is 0 Å². The van der Waals surface area contributed by atoms with Gasteiger partial charge < -0.3 is 9.47 Å². The van der Waals surface area contributed by atoms with Crippen molar-refractivity contribution in [3.05, 3.63) is 218 Å². The van der Waals surface area contributed by atoms with E-state index in [2.05, 4.69) is 228 Å². The van der Waals surface area contributed by atoms with Gasteiger partial charge in [-0.1, -0.05) is 158 Å². The summed E-state index contributed by atoms with van der Waals surface area (Å²) in [6, 6.07) is 79.9. The molecule has 10 aromatic carbocycles. The average Bonchev–Trinajstić information content (AvgIpc) is 3.86. The molecule has 3 heteroatoms. The van der Waals surface area contributed by atoms with Gasteiger partial charge >= 0.3 is 0 Å². The van der Waals surface area contributed by atoms with Crippen LogP contribution in [0.5, 0.6) is 0 Å². The van der Waals surface area contributed by atoms with Gasteiger partial charge in [0.25, 0.3) is 0 Å². The third-order valence-corrected chi connectivity index (χ3v) is 13.2. The number of nitrogens with zero attached hydrogens (tertiary/aromatic N) is 2. The summed E-state index contributed by atoms with van der Waals surface area (Å²) < 4.78 is 5.08. The summed E-state index contributed by atoms with van der Waals surface area (Å²) in [7, 11) is 0. The molecule has 0 aliphatic rings. The Morgan fingerprint density at radius 3 is 1.78 bits per heavy atom. The molecule has 59 heavy (non-hydrogen) atoms. The first-order chi connectivity index (χ1) is 29.3. The molecule has 12 aromatic rings. The fraction of sp³-hybridized carbons (Fsp3) is 0. The van der Waals surface area contributed by atoms with E-state index in [1.165, 1.54) is 91.5 Å². The minimum atomic E-state index is 1.11. The molecule has 2 nitrogen and oxygen atoms in total. The monoisotopic (exact) mass is 768 g/mol. The van der Waals surface area contributed by atoms with Crippen molar-refractivity contribution in [1.82, 2.24) is 4.57 Å². The van der Waals surface area contributed by atoms with Gasteiger partial charge in [-0.15, -0.1) is 11.3 Å². The summed E-state index contributed by atoms with van der Waals surface area (Å²) in [5, 5.41) is 10.1. The zero-order chi connectivity index (χ0) is 38.9. The molecule has 0 aliphatic heterocycles. The van der Waals surface area contributed by atoms with Crippen molar-refractivity contribution in [3.63, 3.8) is 0 Å². The first-order valence-corrected chi connectivity index (χ1v) is 21.0. The summed E-state index contributed by atoms with van der Waals surface area (Å²) in [5.41, 5.74) is 11.9. The molecule has 0 bridgehead atoms. The lowest BCUT2D eigenvalue weighted by Crippen LogP contribution is -2.10. The van der Waals surface area contributed by atoms with Crippen molar-refractivity contribution in [2.45, 2.75) is 0 Å². The largest absolute Gasteiger partial charge is 0.310 e. The number of para-hydroxylation sites is 1. The van der Waals surface area contributed by atoms with Gasteiger partial charge in [0, 0.05) is 58.8 Å². The highest BCUT2D eigenvalue weighted by molar-refractivity contribution is 7.26. The molecule has 0 atom stereocenters. The molecule has 0 fully saturated rings. The fourth-order valence-electron chi connectivity index (χ4n) is 9.20. The number of benzene rings is 10. The Kier molecular flexibility index (Phi) is 7.75. The van der Waals surface area contributed by atoms with Crippen LogP contribution in [0.15, 0.2) is 218 Å². The predicted octanol–water partition coefficient (Wildman–Crippen LogP) is 16.3. The van der Waals surface area contributed by atoms with E-state index in [9.17, 15) is 0 Å². The van der Waals surface area contributed by atoms with Crippen LogP contribution in [0.1, 0.15) is 0 Å². The lowest BCUT2D eigenvalue weighted by molar-refractivity contribution is 1.19. The van der Waals surface area contributed by atoms with Crippen molar-refractivity contribution >= 4 is 91.9 Å². The van der Waals surface area contributed by atoms with E-state index < -0.39 is 0 Å². The summed E-state index contributed by atoms with van der Waals surface area (Å²) in [6.07, 6.45) is 0. The van der Waals surface area contributed by atoms with Gasteiger partial charge in [0.2, 0.25) is 0 Å². The van der Waals surface area contributed by atoms with Crippen LogP contribution in [0, 0.1) is 0 Å². The second-order valence-corrected chi connectivity index (χ2v) is 16.3. The standard InChI is InChI=1S/C56H36N2S/c1-2-15-42(16-3-1)58-53-35-29-41(36-51(53)49-34-28-39-13-5-7-18-46(39)55(49)58)37-24-30-43(31-25-37)57(52-22-10-14-38-12-4-6-17-45(38)52)44-32-26-40(27-33-44)47-20-11-21-50-48-19-8-9-23-54(48)59-56(47)50/h1-36H. The molecule has 0 unspecified atom stereocenters. The fourth-order valence-corrected chi connectivity index (χ4v) is 10.4. The number of thiophene rings is 1. The van der Waals surface area contributed by atoms with Gasteiger partial charge in [-0.25, -0.2) is 0 Å². The molecule has 0 saturated carbocycles. The number of hydrogen-bond donors (Lipinski definition) is 0. The molecular weight excluding hydrogens is 733 g/mol. The van der Waals surface area contributed by atoms with Gasteiger partial charge in [-0.3, -0.25) is 0 Å². The highest BCUT2D eigenvalue weighted by Crippen LogP contribution is 2.44. The minimum absolute atomic E-state index is 1.11. The molecular formula is C56H36N2S. The summed E-state index contributed by atoms with van der Waals surface area (Å²) >= 11 is 1.88. The lowest BCUT2D eigenvalue weighted by atomic mass is 10.00. The van der Waals surface area contributed by atoms with Crippen molar-refractivity contribution in [1.29, 1.82) is 0 Å². The molecule has 0 radical (unpaired) electrons. The van der Waals surface area contributed by atoms with Gasteiger partial charge in [-0.05, 0) is 93.7 Å². The Morgan fingerprint density at radius 2 is 0.983 bits per heavy atom. The third-order valence-electron chi connectivity index (χ3n) is 12.0. The maximum absolute atomic E-state index is 2.43. The van der Waals surface area contributed by atoms with E-state index in [1.807, 2.05) is 11.3 Å². The molecule has 0 aliphatic carbocycles. The van der Waals surface area contributed by atoms with Crippen molar-refractivity contribution in [2.24, 2.45) is 0 Å². The average molecular weight is 769 g/mol. The van der Waals surface area contributed by atoms with Crippen LogP contribution in [-0.4, -0.2) is 4.57 Å². The maximum atomic E-state index is 2.43. The van der Waals surface area contributed by atoms with Crippen LogP contribution in [0.4, 0.5) is 17.1 Å². The smallest absolute Gasteiger partial charge is 0.0619 e. The Balaban J connectivity index is 0.970. The van der Waals surface area contributed by atoms with E-state index >= 15 is 0 Å². The molecule has 276 valence electrons. The summed E-state index contributed by atoms with van der Waals surface area (Å²) in [4.78, 5) is 2.40. The van der Waals surface area contributed by atoms with E-state index in [1.54, 1.807) is 0 Å². The first-order valence-electron chi connectivity index (χ1n) is 20.2. The summed E-state index contributed by atoms with van der Waals surface area (Å²) in [5.74, 6) is 0. The van der Waals surface area contributed by atoms with E-state index in [0.29, 0.717) is 0 Å². The number of anilines is 3. The molecule has 2 aromatic heterocycles. The molecule has 0 spiro atoms. The number of aromatic nitrogens is 1. The predicted molar refractivity (Wildman–Crippen MR) is 254 cm³/mol. The Hall–Kier alpha value is -7.46. The minimum Gasteiger partial charge on any atom is -0.310 e.